The van der Waals surface area contributed by atoms with Gasteiger partial charge in [0.15, 0.2) is 0 Å². The highest BCUT2D eigenvalue weighted by atomic mass is 35.5. The van der Waals surface area contributed by atoms with Gasteiger partial charge in [0.25, 0.3) is 0 Å². The molecule has 6 heteroatoms. The van der Waals surface area contributed by atoms with E-state index < -0.39 is 0 Å². The number of benzene rings is 1. The average Bonchev–Trinajstić information content (AvgIpc) is 2.51. The third kappa shape index (κ3) is 2.35. The zero-order valence-electron chi connectivity index (χ0n) is 10.8. The minimum absolute atomic E-state index is 0.557. The molecule has 0 radical (unpaired) electrons. The number of hydrogen-bond acceptors (Lipinski definition) is 5. The summed E-state index contributed by atoms with van der Waals surface area (Å²) >= 11 is 6.18. The molecule has 5 nitrogen and oxygen atoms in total. The van der Waals surface area contributed by atoms with Crippen LogP contribution < -0.4 is 10.6 Å². The van der Waals surface area contributed by atoms with Crippen LogP contribution in [0.3, 0.4) is 0 Å². The summed E-state index contributed by atoms with van der Waals surface area (Å²) < 4.78 is 0. The maximum atomic E-state index is 6.18. The smallest absolute Gasteiger partial charge is 0.224 e. The molecule has 2 N–H and O–H groups in total. The lowest BCUT2D eigenvalue weighted by Crippen LogP contribution is -2.00. The monoisotopic (exact) mass is 285 g/mol. The first-order valence-corrected chi connectivity index (χ1v) is 6.47. The fourth-order valence-electron chi connectivity index (χ4n) is 1.93. The molecule has 0 saturated carbocycles. The molecule has 0 unspecified atom stereocenters. The second-order valence-electron chi connectivity index (χ2n) is 4.14. The summed E-state index contributed by atoms with van der Waals surface area (Å²) in [7, 11) is 1.78. The van der Waals surface area contributed by atoms with E-state index in [1.165, 1.54) is 0 Å². The fraction of sp³-hybridized carbons (Fsp3) is 0.0714. The van der Waals surface area contributed by atoms with Gasteiger partial charge >= 0.3 is 0 Å². The molecule has 100 valence electrons. The number of rotatable bonds is 3. The Kier molecular flexibility index (Phi) is 3.35. The van der Waals surface area contributed by atoms with E-state index in [-0.39, 0.29) is 0 Å². The summed E-state index contributed by atoms with van der Waals surface area (Å²) in [6.45, 7) is 0. The van der Waals surface area contributed by atoms with Crippen LogP contribution >= 0.6 is 11.6 Å². The van der Waals surface area contributed by atoms with Crippen molar-refractivity contribution in [3.63, 3.8) is 0 Å². The van der Waals surface area contributed by atoms with E-state index in [2.05, 4.69) is 25.6 Å². The van der Waals surface area contributed by atoms with Gasteiger partial charge < -0.3 is 10.6 Å². The number of pyridine rings is 1. The van der Waals surface area contributed by atoms with Crippen molar-refractivity contribution in [2.24, 2.45) is 0 Å². The van der Waals surface area contributed by atoms with Crippen LogP contribution in [0.1, 0.15) is 0 Å². The Labute approximate surface area is 121 Å². The van der Waals surface area contributed by atoms with E-state index in [9.17, 15) is 0 Å². The molecule has 0 aliphatic heterocycles. The summed E-state index contributed by atoms with van der Waals surface area (Å²) in [6, 6.07) is 9.33. The van der Waals surface area contributed by atoms with Gasteiger partial charge in [-0.25, -0.2) is 4.98 Å². The summed E-state index contributed by atoms with van der Waals surface area (Å²) in [5.41, 5.74) is 1.66. The lowest BCUT2D eigenvalue weighted by atomic mass is 10.2. The van der Waals surface area contributed by atoms with Crippen LogP contribution in [-0.2, 0) is 0 Å². The van der Waals surface area contributed by atoms with E-state index in [1.54, 1.807) is 25.5 Å². The fourth-order valence-corrected chi connectivity index (χ4v) is 2.14. The van der Waals surface area contributed by atoms with Gasteiger partial charge in [-0.15, -0.1) is 0 Å². The highest BCUT2D eigenvalue weighted by Gasteiger charge is 2.06. The van der Waals surface area contributed by atoms with E-state index in [0.29, 0.717) is 16.8 Å². The van der Waals surface area contributed by atoms with E-state index in [4.69, 9.17) is 11.6 Å². The van der Waals surface area contributed by atoms with Gasteiger partial charge in [0.2, 0.25) is 5.95 Å². The Morgan fingerprint density at radius 3 is 2.80 bits per heavy atom. The third-order valence-electron chi connectivity index (χ3n) is 2.86. The van der Waals surface area contributed by atoms with Gasteiger partial charge in [0.1, 0.15) is 5.82 Å². The quantitative estimate of drug-likeness (QED) is 0.771. The minimum atomic E-state index is 0.557. The molecular weight excluding hydrogens is 274 g/mol. The maximum absolute atomic E-state index is 6.18. The van der Waals surface area contributed by atoms with Gasteiger partial charge in [0.05, 0.1) is 16.2 Å². The predicted octanol–water partition coefficient (Wildman–Crippen LogP) is 3.46. The first kappa shape index (κ1) is 12.6. The number of aromatic nitrogens is 3. The molecule has 1 aromatic carbocycles. The number of hydrogen-bond donors (Lipinski definition) is 2. The Morgan fingerprint density at radius 1 is 1.05 bits per heavy atom. The first-order chi connectivity index (χ1) is 9.78. The zero-order chi connectivity index (χ0) is 13.9. The molecule has 0 spiro atoms. The van der Waals surface area contributed by atoms with Crippen LogP contribution in [0.4, 0.5) is 17.5 Å². The molecule has 3 rings (SSSR count). The van der Waals surface area contributed by atoms with Crippen molar-refractivity contribution in [3.05, 3.63) is 47.7 Å². The lowest BCUT2D eigenvalue weighted by molar-refractivity contribution is 1.15. The molecule has 2 heterocycles. The van der Waals surface area contributed by atoms with Gasteiger partial charge in [0, 0.05) is 24.8 Å². The third-order valence-corrected chi connectivity index (χ3v) is 3.19. The van der Waals surface area contributed by atoms with Crippen molar-refractivity contribution < 1.29 is 0 Å². The molecule has 0 aliphatic rings. The van der Waals surface area contributed by atoms with E-state index in [1.807, 2.05) is 24.3 Å². The van der Waals surface area contributed by atoms with Crippen molar-refractivity contribution >= 4 is 40.0 Å². The highest BCUT2D eigenvalue weighted by Crippen LogP contribution is 2.29. The second kappa shape index (κ2) is 5.30. The van der Waals surface area contributed by atoms with Gasteiger partial charge in [-0.3, -0.25) is 4.98 Å². The first-order valence-electron chi connectivity index (χ1n) is 6.09. The number of nitrogens with zero attached hydrogens (tertiary/aromatic N) is 3. The predicted molar refractivity (Wildman–Crippen MR) is 81.6 cm³/mol. The normalized spacial score (nSPS) is 10.5. The Bertz CT molecular complexity index is 759. The van der Waals surface area contributed by atoms with Crippen LogP contribution in [0.15, 0.2) is 42.7 Å². The molecule has 0 fully saturated rings. The van der Waals surface area contributed by atoms with Crippen molar-refractivity contribution in [1.29, 1.82) is 0 Å². The Hall–Kier alpha value is -2.40. The largest absolute Gasteiger partial charge is 0.357 e. The highest BCUT2D eigenvalue weighted by molar-refractivity contribution is 6.35. The molecule has 0 atom stereocenters. The molecular formula is C14H12ClN5. The summed E-state index contributed by atoms with van der Waals surface area (Å²) in [5, 5.41) is 7.72. The topological polar surface area (TPSA) is 62.7 Å². The maximum Gasteiger partial charge on any atom is 0.224 e. The zero-order valence-corrected chi connectivity index (χ0v) is 11.5. The lowest BCUT2D eigenvalue weighted by Gasteiger charge is -2.10. The molecule has 3 aromatic rings. The molecule has 0 amide bonds. The molecule has 0 saturated heterocycles. The van der Waals surface area contributed by atoms with Crippen molar-refractivity contribution in [2.75, 3.05) is 17.7 Å². The van der Waals surface area contributed by atoms with Gasteiger partial charge in [-0.2, -0.15) is 4.98 Å². The Balaban J connectivity index is 2.04. The molecule has 0 aliphatic carbocycles. The minimum Gasteiger partial charge on any atom is -0.357 e. The Morgan fingerprint density at radius 2 is 1.95 bits per heavy atom. The van der Waals surface area contributed by atoms with Crippen molar-refractivity contribution in [1.82, 2.24) is 15.0 Å². The molecule has 20 heavy (non-hydrogen) atoms. The van der Waals surface area contributed by atoms with Crippen molar-refractivity contribution in [2.45, 2.75) is 0 Å². The number of anilines is 3. The van der Waals surface area contributed by atoms with Crippen LogP contribution in [-0.4, -0.2) is 22.0 Å². The SMILES string of the molecule is CNc1nccc(Nc2ccc(Cl)c3cccnc23)n1. The second-order valence-corrected chi connectivity index (χ2v) is 4.54. The van der Waals surface area contributed by atoms with Crippen LogP contribution in [0.2, 0.25) is 5.02 Å². The standard InChI is InChI=1S/C14H12ClN5/c1-16-14-18-8-6-12(20-14)19-11-5-4-10(15)9-3-2-7-17-13(9)11/h2-8H,1H3,(H2,16,18,19,20). The van der Waals surface area contributed by atoms with E-state index in [0.717, 1.165) is 16.6 Å². The van der Waals surface area contributed by atoms with Crippen molar-refractivity contribution in [3.8, 4) is 0 Å². The van der Waals surface area contributed by atoms with Crippen LogP contribution in [0, 0.1) is 0 Å². The average molecular weight is 286 g/mol. The summed E-state index contributed by atoms with van der Waals surface area (Å²) in [6.07, 6.45) is 3.43. The van der Waals surface area contributed by atoms with Gasteiger partial charge in [-0.1, -0.05) is 11.6 Å². The summed E-state index contributed by atoms with van der Waals surface area (Å²) in [5.74, 6) is 1.25. The number of fused-ring (bicyclic) bond motifs is 1. The molecule has 0 bridgehead atoms. The van der Waals surface area contributed by atoms with Crippen LogP contribution in [0.5, 0.6) is 0 Å². The number of halogens is 1. The van der Waals surface area contributed by atoms with Crippen LogP contribution in [0.25, 0.3) is 10.9 Å². The number of nitrogens with one attached hydrogen (secondary N) is 2. The van der Waals surface area contributed by atoms with Gasteiger partial charge in [-0.05, 0) is 30.3 Å². The van der Waals surface area contributed by atoms with E-state index >= 15 is 0 Å². The summed E-state index contributed by atoms with van der Waals surface area (Å²) in [4.78, 5) is 12.8. The molecule has 2 aromatic heterocycles.